The summed E-state index contributed by atoms with van der Waals surface area (Å²) in [6.07, 6.45) is 0. The predicted octanol–water partition coefficient (Wildman–Crippen LogP) is 2.76. The minimum absolute atomic E-state index is 0.0256. The van der Waals surface area contributed by atoms with Gasteiger partial charge in [0.05, 0.1) is 10.6 Å². The van der Waals surface area contributed by atoms with Crippen LogP contribution in [0, 0.1) is 18.6 Å². The van der Waals surface area contributed by atoms with Crippen LogP contribution in [0.4, 0.5) is 17.3 Å². The highest BCUT2D eigenvalue weighted by Crippen LogP contribution is 2.23. The maximum absolute atomic E-state index is 12.5. The number of nitrogens with zero attached hydrogens (tertiary/aromatic N) is 4. The molecule has 0 aliphatic rings. The fraction of sp³-hybridized carbons (Fsp3) is 0.125. The molecular formula is C16H15N7O4S2. The first-order valence-electron chi connectivity index (χ1n) is 8.06. The number of azo groups is 1. The van der Waals surface area contributed by atoms with Crippen molar-refractivity contribution in [3.8, 4) is 5.88 Å². The van der Waals surface area contributed by atoms with Gasteiger partial charge >= 0.3 is 0 Å². The molecule has 0 radical (unpaired) electrons. The van der Waals surface area contributed by atoms with E-state index in [-0.39, 0.29) is 27.0 Å². The Morgan fingerprint density at radius 3 is 2.28 bits per heavy atom. The molecular weight excluding hydrogens is 418 g/mol. The lowest BCUT2D eigenvalue weighted by molar-refractivity contribution is 0.451. The number of hydrogen-bond donors (Lipinski definition) is 4. The van der Waals surface area contributed by atoms with Crippen LogP contribution in [0.3, 0.4) is 0 Å². The SMILES string of the molecule is Cc1cc(C)nc(NS(=O)(=O)c2ccc(N=Nc3c(O)[nH]c(=S)[nH]c3=O)cc2)n1. The normalized spacial score (nSPS) is 11.7. The molecule has 0 saturated carbocycles. The van der Waals surface area contributed by atoms with Gasteiger partial charge in [0.15, 0.2) is 4.77 Å². The third kappa shape index (κ3) is 4.89. The standard InChI is InChI=1S/C16H15N7O4S2/c1-8-7-9(2)18-15(17-8)23-29(26,27)11-5-3-10(4-6-11)21-22-12-13(24)19-16(28)20-14(12)25/h3-7H,1-2H3,(H,17,18,23)(H3,19,20,24,25,28). The van der Waals surface area contributed by atoms with Crippen LogP contribution in [-0.4, -0.2) is 33.5 Å². The number of nitrogens with one attached hydrogen (secondary N) is 3. The monoisotopic (exact) mass is 433 g/mol. The van der Waals surface area contributed by atoms with Gasteiger partial charge in [-0.1, -0.05) is 0 Å². The average molecular weight is 433 g/mol. The number of sulfonamides is 1. The Bertz CT molecular complexity index is 1290. The highest BCUT2D eigenvalue weighted by molar-refractivity contribution is 7.92. The van der Waals surface area contributed by atoms with Crippen LogP contribution in [0.1, 0.15) is 11.4 Å². The van der Waals surface area contributed by atoms with Gasteiger partial charge in [-0.2, -0.15) is 5.11 Å². The highest BCUT2D eigenvalue weighted by Gasteiger charge is 2.16. The average Bonchev–Trinajstić information content (AvgIpc) is 2.60. The molecule has 0 aliphatic heterocycles. The first-order valence-corrected chi connectivity index (χ1v) is 9.96. The van der Waals surface area contributed by atoms with E-state index in [9.17, 15) is 18.3 Å². The van der Waals surface area contributed by atoms with E-state index in [2.05, 4.69) is 34.9 Å². The summed E-state index contributed by atoms with van der Waals surface area (Å²) in [6.45, 7) is 3.46. The zero-order valence-corrected chi connectivity index (χ0v) is 16.8. The van der Waals surface area contributed by atoms with E-state index in [4.69, 9.17) is 12.2 Å². The van der Waals surface area contributed by atoms with Crippen molar-refractivity contribution in [1.29, 1.82) is 0 Å². The molecule has 3 aromatic rings. The van der Waals surface area contributed by atoms with Crippen LogP contribution in [0.15, 0.2) is 50.3 Å². The van der Waals surface area contributed by atoms with Crippen molar-refractivity contribution in [3.63, 3.8) is 0 Å². The predicted molar refractivity (Wildman–Crippen MR) is 107 cm³/mol. The number of rotatable bonds is 5. The molecule has 13 heteroatoms. The van der Waals surface area contributed by atoms with Crippen molar-refractivity contribution in [2.24, 2.45) is 10.2 Å². The molecule has 0 amide bonds. The van der Waals surface area contributed by atoms with E-state index >= 15 is 0 Å². The summed E-state index contributed by atoms with van der Waals surface area (Å²) in [5.41, 5.74) is 0.444. The summed E-state index contributed by atoms with van der Waals surface area (Å²) in [5, 5.41) is 17.2. The summed E-state index contributed by atoms with van der Waals surface area (Å²) in [6, 6.07) is 7.11. The van der Waals surface area contributed by atoms with E-state index in [1.807, 2.05) is 0 Å². The van der Waals surface area contributed by atoms with Crippen molar-refractivity contribution in [3.05, 3.63) is 56.8 Å². The van der Waals surface area contributed by atoms with E-state index in [0.29, 0.717) is 11.4 Å². The molecule has 0 atom stereocenters. The first kappa shape index (κ1) is 20.3. The minimum atomic E-state index is -3.91. The van der Waals surface area contributed by atoms with Gasteiger partial charge in [0.25, 0.3) is 15.6 Å². The Balaban J connectivity index is 1.82. The van der Waals surface area contributed by atoms with Crippen molar-refractivity contribution < 1.29 is 13.5 Å². The molecule has 29 heavy (non-hydrogen) atoms. The van der Waals surface area contributed by atoms with Gasteiger partial charge in [0, 0.05) is 11.4 Å². The van der Waals surface area contributed by atoms with Gasteiger partial charge in [-0.15, -0.1) is 5.11 Å². The summed E-state index contributed by atoms with van der Waals surface area (Å²) in [5.74, 6) is -0.554. The summed E-state index contributed by atoms with van der Waals surface area (Å²) in [4.78, 5) is 24.4. The molecule has 4 N–H and O–H groups in total. The zero-order valence-electron chi connectivity index (χ0n) is 15.2. The topological polar surface area (TPSA) is 166 Å². The number of H-pyrrole nitrogens is 2. The third-order valence-electron chi connectivity index (χ3n) is 3.52. The molecule has 0 bridgehead atoms. The zero-order chi connectivity index (χ0) is 21.2. The van der Waals surface area contributed by atoms with Crippen molar-refractivity contribution in [1.82, 2.24) is 19.9 Å². The maximum atomic E-state index is 12.5. The molecule has 3 rings (SSSR count). The van der Waals surface area contributed by atoms with E-state index in [1.165, 1.54) is 24.3 Å². The molecule has 0 aliphatic carbocycles. The Kier molecular flexibility index (Phi) is 5.52. The van der Waals surface area contributed by atoms with Crippen molar-refractivity contribution in [2.75, 3.05) is 4.72 Å². The Morgan fingerprint density at radius 2 is 1.69 bits per heavy atom. The second kappa shape index (κ2) is 7.89. The molecule has 0 unspecified atom stereocenters. The number of aromatic nitrogens is 4. The molecule has 2 heterocycles. The molecule has 0 spiro atoms. The van der Waals surface area contributed by atoms with Crippen LogP contribution in [-0.2, 0) is 10.0 Å². The Hall–Kier alpha value is -3.45. The van der Waals surface area contributed by atoms with Gasteiger partial charge < -0.3 is 10.1 Å². The van der Waals surface area contributed by atoms with E-state index < -0.39 is 21.5 Å². The maximum Gasteiger partial charge on any atom is 0.283 e. The number of anilines is 1. The molecule has 2 aromatic heterocycles. The van der Waals surface area contributed by atoms with Gasteiger partial charge in [-0.3, -0.25) is 9.78 Å². The lowest BCUT2D eigenvalue weighted by atomic mass is 10.3. The fourth-order valence-electron chi connectivity index (χ4n) is 2.31. The Morgan fingerprint density at radius 1 is 1.07 bits per heavy atom. The van der Waals surface area contributed by atoms with Gasteiger partial charge in [-0.25, -0.2) is 23.1 Å². The molecule has 0 saturated heterocycles. The number of aromatic hydroxyl groups is 1. The summed E-state index contributed by atoms with van der Waals surface area (Å²) < 4.78 is 27.3. The third-order valence-corrected chi connectivity index (χ3v) is 5.07. The quantitative estimate of drug-likeness (QED) is 0.354. The van der Waals surface area contributed by atoms with Crippen LogP contribution in [0.25, 0.3) is 0 Å². The fourth-order valence-corrected chi connectivity index (χ4v) is 3.44. The minimum Gasteiger partial charge on any atom is -0.493 e. The number of benzene rings is 1. The number of hydrogen-bond acceptors (Lipinski definition) is 9. The van der Waals surface area contributed by atoms with Crippen molar-refractivity contribution >= 4 is 39.6 Å². The second-order valence-corrected chi connectivity index (χ2v) is 7.97. The van der Waals surface area contributed by atoms with E-state index in [0.717, 1.165) is 0 Å². The number of aromatic amines is 2. The second-order valence-electron chi connectivity index (χ2n) is 5.88. The first-order chi connectivity index (χ1) is 13.6. The molecule has 0 fully saturated rings. The van der Waals surface area contributed by atoms with Gasteiger partial charge in [-0.05, 0) is 56.4 Å². The van der Waals surface area contributed by atoms with Gasteiger partial charge in [0.1, 0.15) is 0 Å². The van der Waals surface area contributed by atoms with Crippen LogP contribution in [0.2, 0.25) is 0 Å². The number of aryl methyl sites for hydroxylation is 2. The van der Waals surface area contributed by atoms with Crippen molar-refractivity contribution in [2.45, 2.75) is 18.7 Å². The van der Waals surface area contributed by atoms with Gasteiger partial charge in [0.2, 0.25) is 17.5 Å². The summed E-state index contributed by atoms with van der Waals surface area (Å²) in [7, 11) is -3.91. The Labute approximate surface area is 169 Å². The lowest BCUT2D eigenvalue weighted by Gasteiger charge is -2.08. The smallest absolute Gasteiger partial charge is 0.283 e. The van der Waals surface area contributed by atoms with Crippen LogP contribution in [0.5, 0.6) is 5.88 Å². The summed E-state index contributed by atoms with van der Waals surface area (Å²) >= 11 is 4.72. The van der Waals surface area contributed by atoms with E-state index in [1.54, 1.807) is 19.9 Å². The lowest BCUT2D eigenvalue weighted by Crippen LogP contribution is -2.15. The molecule has 11 nitrogen and oxygen atoms in total. The highest BCUT2D eigenvalue weighted by atomic mass is 32.2. The molecule has 1 aromatic carbocycles. The van der Waals surface area contributed by atoms with Crippen LogP contribution >= 0.6 is 12.2 Å². The van der Waals surface area contributed by atoms with Crippen LogP contribution < -0.4 is 10.3 Å². The largest absolute Gasteiger partial charge is 0.493 e. The molecule has 150 valence electrons.